The predicted octanol–water partition coefficient (Wildman–Crippen LogP) is 2.85. The Kier molecular flexibility index (Phi) is 4.21. The molecule has 0 aromatic carbocycles. The van der Waals surface area contributed by atoms with Gasteiger partial charge in [0.15, 0.2) is 0 Å². The van der Waals surface area contributed by atoms with Gasteiger partial charge in [-0.2, -0.15) is 0 Å². The van der Waals surface area contributed by atoms with Crippen LogP contribution in [0.1, 0.15) is 20.8 Å². The molecule has 0 saturated heterocycles. The number of carbonyl (C=O) groups excluding carboxylic acids is 1. The number of halogens is 1. The Hall–Kier alpha value is -0.263. The van der Waals surface area contributed by atoms with Crippen LogP contribution >= 0.6 is 11.6 Å². The standard InChI is InChI=1S/C10H17ClOSi/c1-10(2,3)13(4,5)7-6-9(12)8-11/h8H2,1-5H3. The first-order valence-electron chi connectivity index (χ1n) is 4.32. The Morgan fingerprint density at radius 1 is 1.38 bits per heavy atom. The Labute approximate surface area is 86.9 Å². The second-order valence-corrected chi connectivity index (χ2v) is 9.95. The summed E-state index contributed by atoms with van der Waals surface area (Å²) in [5.41, 5.74) is 3.10. The van der Waals surface area contributed by atoms with Crippen LogP contribution in [-0.4, -0.2) is 19.7 Å². The zero-order valence-electron chi connectivity index (χ0n) is 8.99. The molecule has 0 fully saturated rings. The van der Waals surface area contributed by atoms with Gasteiger partial charge in [0.1, 0.15) is 8.07 Å². The van der Waals surface area contributed by atoms with Crippen molar-refractivity contribution in [3.63, 3.8) is 0 Å². The van der Waals surface area contributed by atoms with E-state index in [1.54, 1.807) is 0 Å². The topological polar surface area (TPSA) is 17.1 Å². The molecule has 0 N–H and O–H groups in total. The third kappa shape index (κ3) is 3.97. The van der Waals surface area contributed by atoms with Gasteiger partial charge in [0.05, 0.1) is 5.88 Å². The Balaban J connectivity index is 4.66. The van der Waals surface area contributed by atoms with E-state index in [0.717, 1.165) is 0 Å². The molecule has 0 radical (unpaired) electrons. The second kappa shape index (κ2) is 4.30. The number of hydrogen-bond donors (Lipinski definition) is 0. The first-order chi connectivity index (χ1) is 5.70. The highest BCUT2D eigenvalue weighted by Gasteiger charge is 2.33. The molecule has 0 rings (SSSR count). The van der Waals surface area contributed by atoms with Crippen molar-refractivity contribution in [3.8, 4) is 11.5 Å². The lowest BCUT2D eigenvalue weighted by molar-refractivity contribution is -0.111. The monoisotopic (exact) mass is 216 g/mol. The number of carbonyl (C=O) groups is 1. The molecule has 0 aromatic heterocycles. The second-order valence-electron chi connectivity index (χ2n) is 4.68. The van der Waals surface area contributed by atoms with E-state index in [4.69, 9.17) is 11.6 Å². The molecule has 1 nitrogen and oxygen atoms in total. The third-order valence-electron chi connectivity index (χ3n) is 2.51. The molecule has 0 aromatic rings. The van der Waals surface area contributed by atoms with Crippen molar-refractivity contribution in [3.05, 3.63) is 0 Å². The highest BCUT2D eigenvalue weighted by atomic mass is 35.5. The highest BCUT2D eigenvalue weighted by molar-refractivity contribution is 6.87. The molecule has 0 amide bonds. The third-order valence-corrected chi connectivity index (χ3v) is 7.25. The molecule has 13 heavy (non-hydrogen) atoms. The van der Waals surface area contributed by atoms with E-state index in [1.165, 1.54) is 0 Å². The van der Waals surface area contributed by atoms with E-state index in [2.05, 4.69) is 45.3 Å². The van der Waals surface area contributed by atoms with Gasteiger partial charge in [-0.3, -0.25) is 4.79 Å². The summed E-state index contributed by atoms with van der Waals surface area (Å²) in [4.78, 5) is 10.9. The summed E-state index contributed by atoms with van der Waals surface area (Å²) < 4.78 is 0. The van der Waals surface area contributed by atoms with E-state index in [9.17, 15) is 4.79 Å². The SMILES string of the molecule is CC(C)(C)[Si](C)(C)C#CC(=O)CCl. The summed E-state index contributed by atoms with van der Waals surface area (Å²) >= 11 is 5.36. The van der Waals surface area contributed by atoms with E-state index < -0.39 is 8.07 Å². The maximum absolute atomic E-state index is 10.9. The molecule has 0 atom stereocenters. The van der Waals surface area contributed by atoms with Crippen molar-refractivity contribution in [2.24, 2.45) is 0 Å². The largest absolute Gasteiger partial charge is 0.284 e. The summed E-state index contributed by atoms with van der Waals surface area (Å²) in [6, 6.07) is 0. The number of rotatable bonds is 1. The Bertz CT molecular complexity index is 252. The average Bonchev–Trinajstić information content (AvgIpc) is 1.98. The van der Waals surface area contributed by atoms with Crippen molar-refractivity contribution in [2.75, 3.05) is 5.88 Å². The molecule has 0 aliphatic heterocycles. The number of hydrogen-bond acceptors (Lipinski definition) is 1. The first-order valence-corrected chi connectivity index (χ1v) is 7.86. The fourth-order valence-electron chi connectivity index (χ4n) is 0.447. The fraction of sp³-hybridized carbons (Fsp3) is 0.700. The lowest BCUT2D eigenvalue weighted by Crippen LogP contribution is -2.35. The van der Waals surface area contributed by atoms with Crippen LogP contribution in [0.3, 0.4) is 0 Å². The average molecular weight is 217 g/mol. The van der Waals surface area contributed by atoms with Gasteiger partial charge in [0.2, 0.25) is 5.78 Å². The minimum atomic E-state index is -1.62. The Morgan fingerprint density at radius 3 is 2.15 bits per heavy atom. The lowest BCUT2D eigenvalue weighted by atomic mass is 10.2. The van der Waals surface area contributed by atoms with Gasteiger partial charge in [-0.25, -0.2) is 0 Å². The van der Waals surface area contributed by atoms with Crippen molar-refractivity contribution in [2.45, 2.75) is 38.9 Å². The summed E-state index contributed by atoms with van der Waals surface area (Å²) in [7, 11) is -1.62. The van der Waals surface area contributed by atoms with E-state index >= 15 is 0 Å². The van der Waals surface area contributed by atoms with Crippen LogP contribution < -0.4 is 0 Å². The van der Waals surface area contributed by atoms with Crippen LogP contribution in [0.25, 0.3) is 0 Å². The first kappa shape index (κ1) is 12.7. The van der Waals surface area contributed by atoms with Gasteiger partial charge in [0.25, 0.3) is 0 Å². The van der Waals surface area contributed by atoms with Crippen molar-refractivity contribution >= 4 is 25.5 Å². The van der Waals surface area contributed by atoms with Crippen LogP contribution in [0.5, 0.6) is 0 Å². The van der Waals surface area contributed by atoms with E-state index in [-0.39, 0.29) is 16.7 Å². The molecule has 0 aliphatic rings. The van der Waals surface area contributed by atoms with Crippen molar-refractivity contribution in [1.29, 1.82) is 0 Å². The predicted molar refractivity (Wildman–Crippen MR) is 60.7 cm³/mol. The van der Waals surface area contributed by atoms with Gasteiger partial charge < -0.3 is 0 Å². The van der Waals surface area contributed by atoms with Crippen LogP contribution in [0.4, 0.5) is 0 Å². The van der Waals surface area contributed by atoms with Gasteiger partial charge in [-0.15, -0.1) is 17.1 Å². The van der Waals surface area contributed by atoms with E-state index in [1.807, 2.05) is 0 Å². The smallest absolute Gasteiger partial charge is 0.219 e. The Morgan fingerprint density at radius 2 is 1.85 bits per heavy atom. The quantitative estimate of drug-likeness (QED) is 0.374. The van der Waals surface area contributed by atoms with Crippen molar-refractivity contribution < 1.29 is 4.79 Å². The summed E-state index contributed by atoms with van der Waals surface area (Å²) in [5.74, 6) is 2.45. The van der Waals surface area contributed by atoms with Crippen LogP contribution in [0, 0.1) is 11.5 Å². The van der Waals surface area contributed by atoms with Crippen LogP contribution in [0.15, 0.2) is 0 Å². The number of Topliss-reactive ketones (excluding diaryl/α,β-unsaturated/α-hetero) is 1. The summed E-state index contributed by atoms with van der Waals surface area (Å²) in [5, 5.41) is 0.201. The zero-order valence-corrected chi connectivity index (χ0v) is 10.7. The lowest BCUT2D eigenvalue weighted by Gasteiger charge is -2.31. The van der Waals surface area contributed by atoms with Gasteiger partial charge in [-0.1, -0.05) is 33.9 Å². The molecule has 0 bridgehead atoms. The molecule has 3 heteroatoms. The van der Waals surface area contributed by atoms with Gasteiger partial charge in [-0.05, 0) is 11.0 Å². The van der Waals surface area contributed by atoms with E-state index in [0.29, 0.717) is 0 Å². The summed E-state index contributed by atoms with van der Waals surface area (Å²) in [6.45, 7) is 10.8. The van der Waals surface area contributed by atoms with Crippen molar-refractivity contribution in [1.82, 2.24) is 0 Å². The van der Waals surface area contributed by atoms with Crippen LogP contribution in [-0.2, 0) is 4.79 Å². The van der Waals surface area contributed by atoms with Crippen LogP contribution in [0.2, 0.25) is 18.1 Å². The van der Waals surface area contributed by atoms with Gasteiger partial charge in [0, 0.05) is 0 Å². The summed E-state index contributed by atoms with van der Waals surface area (Å²) in [6.07, 6.45) is 0. The molecule has 0 unspecified atom stereocenters. The molecule has 0 saturated carbocycles. The molecular weight excluding hydrogens is 200 g/mol. The number of alkyl halides is 1. The minimum Gasteiger partial charge on any atom is -0.284 e. The molecule has 74 valence electrons. The van der Waals surface area contributed by atoms with Gasteiger partial charge >= 0.3 is 0 Å². The fourth-order valence-corrected chi connectivity index (χ4v) is 1.34. The molecule has 0 spiro atoms. The normalized spacial score (nSPS) is 11.8. The highest BCUT2D eigenvalue weighted by Crippen LogP contribution is 2.34. The molecular formula is C10H17ClOSi. The molecule has 0 heterocycles. The minimum absolute atomic E-state index is 0.00161. The maximum atomic E-state index is 10.9. The molecule has 0 aliphatic carbocycles. The maximum Gasteiger partial charge on any atom is 0.219 e. The number of ketones is 1. The zero-order chi connectivity index (χ0) is 10.7.